The van der Waals surface area contributed by atoms with Crippen molar-refractivity contribution in [3.63, 3.8) is 0 Å². The van der Waals surface area contributed by atoms with E-state index in [0.717, 1.165) is 19.3 Å². The van der Waals surface area contributed by atoms with Crippen LogP contribution in [0.2, 0.25) is 0 Å². The Bertz CT molecular complexity index is 481. The fraction of sp³-hybridized carbons (Fsp3) is 0.824. The van der Waals surface area contributed by atoms with Crippen LogP contribution in [0.3, 0.4) is 0 Å². The molecular weight excluding hydrogens is 296 g/mol. The largest absolute Gasteiger partial charge is 0.452 e. The number of hydrogen-bond donors (Lipinski definition) is 2. The van der Waals surface area contributed by atoms with Crippen LogP contribution in [0.4, 0.5) is 4.79 Å². The SMILES string of the molecule is CCNC(=O)NC(=O)C(C)OC(=O)C12CC3CC(CC(C3)C1)C2. The van der Waals surface area contributed by atoms with Gasteiger partial charge in [-0.15, -0.1) is 0 Å². The highest BCUT2D eigenvalue weighted by atomic mass is 16.5. The first-order chi connectivity index (χ1) is 10.9. The van der Waals surface area contributed by atoms with Crippen LogP contribution in [0.1, 0.15) is 52.4 Å². The molecule has 0 radical (unpaired) electrons. The highest BCUT2D eigenvalue weighted by molar-refractivity contribution is 5.97. The van der Waals surface area contributed by atoms with Crippen molar-refractivity contribution in [3.8, 4) is 0 Å². The third kappa shape index (κ3) is 3.21. The van der Waals surface area contributed by atoms with Crippen LogP contribution < -0.4 is 10.6 Å². The van der Waals surface area contributed by atoms with Gasteiger partial charge in [0.1, 0.15) is 0 Å². The molecule has 3 amide bonds. The van der Waals surface area contributed by atoms with E-state index < -0.39 is 18.0 Å². The number of urea groups is 1. The van der Waals surface area contributed by atoms with E-state index in [1.165, 1.54) is 26.2 Å². The first-order valence-corrected chi connectivity index (χ1v) is 8.71. The monoisotopic (exact) mass is 322 g/mol. The van der Waals surface area contributed by atoms with E-state index in [1.807, 2.05) is 0 Å². The standard InChI is InChI=1S/C17H26N2O4/c1-3-18-16(22)19-14(20)10(2)23-15(21)17-7-11-4-12(8-17)6-13(5-11)9-17/h10-13H,3-9H2,1-2H3,(H2,18,19,20,22). The molecule has 0 aromatic heterocycles. The summed E-state index contributed by atoms with van der Waals surface area (Å²) < 4.78 is 5.45. The van der Waals surface area contributed by atoms with Gasteiger partial charge in [0.2, 0.25) is 0 Å². The number of esters is 1. The Labute approximate surface area is 136 Å². The third-order valence-corrected chi connectivity index (χ3v) is 5.70. The molecule has 6 heteroatoms. The summed E-state index contributed by atoms with van der Waals surface area (Å²) in [4.78, 5) is 36.0. The number of amides is 3. The van der Waals surface area contributed by atoms with Gasteiger partial charge in [-0.05, 0) is 70.1 Å². The van der Waals surface area contributed by atoms with E-state index in [0.29, 0.717) is 24.3 Å². The molecule has 0 saturated heterocycles. The molecule has 1 atom stereocenters. The molecule has 4 bridgehead atoms. The van der Waals surface area contributed by atoms with Crippen molar-refractivity contribution in [1.82, 2.24) is 10.6 Å². The van der Waals surface area contributed by atoms with E-state index >= 15 is 0 Å². The molecule has 128 valence electrons. The molecule has 4 fully saturated rings. The topological polar surface area (TPSA) is 84.5 Å². The zero-order valence-corrected chi connectivity index (χ0v) is 13.9. The summed E-state index contributed by atoms with van der Waals surface area (Å²) in [5, 5.41) is 4.68. The van der Waals surface area contributed by atoms with Crippen molar-refractivity contribution < 1.29 is 19.1 Å². The van der Waals surface area contributed by atoms with Gasteiger partial charge in [-0.1, -0.05) is 0 Å². The zero-order chi connectivity index (χ0) is 16.6. The molecule has 0 aromatic rings. The van der Waals surface area contributed by atoms with E-state index in [9.17, 15) is 14.4 Å². The minimum Gasteiger partial charge on any atom is -0.452 e. The fourth-order valence-corrected chi connectivity index (χ4v) is 5.12. The lowest BCUT2D eigenvalue weighted by molar-refractivity contribution is -0.178. The van der Waals surface area contributed by atoms with Crippen molar-refractivity contribution in [3.05, 3.63) is 0 Å². The quantitative estimate of drug-likeness (QED) is 0.775. The highest BCUT2D eigenvalue weighted by Crippen LogP contribution is 2.60. The number of carbonyl (C=O) groups is 3. The number of nitrogens with one attached hydrogen (secondary N) is 2. The second-order valence-electron chi connectivity index (χ2n) is 7.59. The number of carbonyl (C=O) groups excluding carboxylic acids is 3. The summed E-state index contributed by atoms with van der Waals surface area (Å²) in [7, 11) is 0. The summed E-state index contributed by atoms with van der Waals surface area (Å²) >= 11 is 0. The van der Waals surface area contributed by atoms with Gasteiger partial charge in [0, 0.05) is 6.54 Å². The first-order valence-electron chi connectivity index (χ1n) is 8.71. The minimum atomic E-state index is -0.946. The van der Waals surface area contributed by atoms with Gasteiger partial charge in [0.15, 0.2) is 6.10 Å². The highest BCUT2D eigenvalue weighted by Gasteiger charge is 2.55. The Morgan fingerprint density at radius 2 is 1.61 bits per heavy atom. The van der Waals surface area contributed by atoms with E-state index in [2.05, 4.69) is 10.6 Å². The van der Waals surface area contributed by atoms with Crippen LogP contribution in [0.5, 0.6) is 0 Å². The molecule has 4 aliphatic rings. The molecule has 2 N–H and O–H groups in total. The Balaban J connectivity index is 1.58. The maximum Gasteiger partial charge on any atom is 0.321 e. The minimum absolute atomic E-state index is 0.241. The van der Waals surface area contributed by atoms with Crippen LogP contribution in [0, 0.1) is 23.2 Å². The van der Waals surface area contributed by atoms with Crippen LogP contribution in [-0.4, -0.2) is 30.6 Å². The predicted octanol–water partition coefficient (Wildman–Crippen LogP) is 1.98. The number of rotatable bonds is 4. The van der Waals surface area contributed by atoms with Gasteiger partial charge in [0.25, 0.3) is 5.91 Å². The summed E-state index contributed by atoms with van der Waals surface area (Å²) in [6.07, 6.45) is 5.52. The molecule has 4 aliphatic carbocycles. The molecule has 6 nitrogen and oxygen atoms in total. The predicted molar refractivity (Wildman–Crippen MR) is 83.4 cm³/mol. The second-order valence-corrected chi connectivity index (χ2v) is 7.59. The van der Waals surface area contributed by atoms with Gasteiger partial charge < -0.3 is 10.1 Å². The lowest BCUT2D eigenvalue weighted by Crippen LogP contribution is -2.52. The molecular formula is C17H26N2O4. The maximum atomic E-state index is 12.7. The number of imide groups is 1. The summed E-state index contributed by atoms with van der Waals surface area (Å²) in [5.41, 5.74) is -0.380. The van der Waals surface area contributed by atoms with E-state index in [4.69, 9.17) is 4.74 Å². The number of ether oxygens (including phenoxy) is 1. The van der Waals surface area contributed by atoms with Gasteiger partial charge in [-0.25, -0.2) is 4.79 Å². The van der Waals surface area contributed by atoms with Crippen LogP contribution in [0.25, 0.3) is 0 Å². The summed E-state index contributed by atoms with van der Waals surface area (Å²) in [6, 6.07) is -0.560. The Kier molecular flexibility index (Phi) is 4.34. The van der Waals surface area contributed by atoms with Crippen LogP contribution in [-0.2, 0) is 14.3 Å². The third-order valence-electron chi connectivity index (χ3n) is 5.70. The van der Waals surface area contributed by atoms with Gasteiger partial charge in [0.05, 0.1) is 5.41 Å². The Morgan fingerprint density at radius 3 is 2.09 bits per heavy atom. The smallest absolute Gasteiger partial charge is 0.321 e. The molecule has 1 unspecified atom stereocenters. The summed E-state index contributed by atoms with van der Waals surface area (Å²) in [6.45, 7) is 3.72. The van der Waals surface area contributed by atoms with Gasteiger partial charge >= 0.3 is 12.0 Å². The molecule has 23 heavy (non-hydrogen) atoms. The Morgan fingerprint density at radius 1 is 1.09 bits per heavy atom. The van der Waals surface area contributed by atoms with Crippen LogP contribution >= 0.6 is 0 Å². The molecule has 0 spiro atoms. The van der Waals surface area contributed by atoms with Crippen molar-refractivity contribution in [1.29, 1.82) is 0 Å². The van der Waals surface area contributed by atoms with Crippen molar-refractivity contribution >= 4 is 17.9 Å². The molecule has 0 heterocycles. The molecule has 0 aromatic carbocycles. The Hall–Kier alpha value is -1.59. The molecule has 4 rings (SSSR count). The molecule has 4 saturated carbocycles. The normalized spacial score (nSPS) is 35.5. The lowest BCUT2D eigenvalue weighted by Gasteiger charge is -2.55. The zero-order valence-electron chi connectivity index (χ0n) is 13.9. The van der Waals surface area contributed by atoms with Crippen molar-refractivity contribution in [2.24, 2.45) is 23.2 Å². The van der Waals surface area contributed by atoms with Crippen LogP contribution in [0.15, 0.2) is 0 Å². The van der Waals surface area contributed by atoms with Crippen molar-refractivity contribution in [2.75, 3.05) is 6.54 Å². The first kappa shape index (κ1) is 16.3. The summed E-state index contributed by atoms with van der Waals surface area (Å²) in [5.74, 6) is 1.12. The second kappa shape index (κ2) is 6.13. The van der Waals surface area contributed by atoms with Gasteiger partial charge in [-0.3, -0.25) is 14.9 Å². The molecule has 0 aliphatic heterocycles. The maximum absolute atomic E-state index is 12.7. The van der Waals surface area contributed by atoms with E-state index in [1.54, 1.807) is 6.92 Å². The average molecular weight is 322 g/mol. The average Bonchev–Trinajstić information content (AvgIpc) is 2.45. The number of hydrogen-bond acceptors (Lipinski definition) is 4. The lowest BCUT2D eigenvalue weighted by atomic mass is 9.49. The fourth-order valence-electron chi connectivity index (χ4n) is 5.12. The van der Waals surface area contributed by atoms with Gasteiger partial charge in [-0.2, -0.15) is 0 Å². The van der Waals surface area contributed by atoms with Crippen molar-refractivity contribution in [2.45, 2.75) is 58.5 Å². The van der Waals surface area contributed by atoms with E-state index in [-0.39, 0.29) is 11.4 Å².